The van der Waals surface area contributed by atoms with Crippen molar-refractivity contribution in [1.29, 1.82) is 0 Å². The van der Waals surface area contributed by atoms with E-state index in [2.05, 4.69) is 28.2 Å². The fourth-order valence-electron chi connectivity index (χ4n) is 2.96. The summed E-state index contributed by atoms with van der Waals surface area (Å²) in [5.41, 5.74) is 0.976. The molecule has 0 aliphatic carbocycles. The second kappa shape index (κ2) is 12.3. The van der Waals surface area contributed by atoms with Gasteiger partial charge in [0.25, 0.3) is 5.91 Å². The largest absolute Gasteiger partial charge is 0.484 e. The second-order valence-corrected chi connectivity index (χ2v) is 7.73. The third kappa shape index (κ3) is 7.54. The molecule has 29 heavy (non-hydrogen) atoms. The number of nitrogens with zero attached hydrogens (tertiary/aromatic N) is 1. The van der Waals surface area contributed by atoms with Crippen molar-refractivity contribution in [1.82, 2.24) is 10.2 Å². The van der Waals surface area contributed by atoms with Crippen LogP contribution in [0.25, 0.3) is 0 Å². The minimum Gasteiger partial charge on any atom is -0.484 e. The summed E-state index contributed by atoms with van der Waals surface area (Å²) >= 11 is 3.38. The molecular weight excluding hydrogens is 432 g/mol. The zero-order valence-electron chi connectivity index (χ0n) is 17.1. The highest BCUT2D eigenvalue weighted by Crippen LogP contribution is 2.17. The highest BCUT2D eigenvalue weighted by molar-refractivity contribution is 9.10. The Morgan fingerprint density at radius 3 is 2.38 bits per heavy atom. The average molecular weight is 461 g/mol. The normalized spacial score (nSPS) is 11.6. The molecule has 0 heterocycles. The fourth-order valence-corrected chi connectivity index (χ4v) is 3.23. The topological polar surface area (TPSA) is 58.6 Å². The second-order valence-electron chi connectivity index (χ2n) is 6.82. The molecule has 5 nitrogen and oxygen atoms in total. The molecule has 156 valence electrons. The maximum absolute atomic E-state index is 13.0. The molecule has 6 heteroatoms. The minimum absolute atomic E-state index is 0.117. The van der Waals surface area contributed by atoms with E-state index in [1.807, 2.05) is 49.4 Å². The van der Waals surface area contributed by atoms with Crippen LogP contribution in [-0.4, -0.2) is 35.9 Å². The molecular formula is C23H29BrN2O3. The first-order valence-electron chi connectivity index (χ1n) is 10.0. The molecule has 0 saturated carbocycles. The Hall–Kier alpha value is -2.34. The van der Waals surface area contributed by atoms with Gasteiger partial charge in [-0.05, 0) is 42.7 Å². The van der Waals surface area contributed by atoms with Crippen LogP contribution in [0.1, 0.15) is 38.7 Å². The van der Waals surface area contributed by atoms with Gasteiger partial charge >= 0.3 is 0 Å². The number of carbonyl (C=O) groups is 2. The molecule has 0 radical (unpaired) electrons. The fraction of sp³-hybridized carbons (Fsp3) is 0.391. The third-order valence-corrected chi connectivity index (χ3v) is 5.12. The first-order chi connectivity index (χ1) is 14.0. The summed E-state index contributed by atoms with van der Waals surface area (Å²) in [5.74, 6) is 0.282. The molecule has 1 atom stereocenters. The number of hydrogen-bond acceptors (Lipinski definition) is 3. The van der Waals surface area contributed by atoms with E-state index in [4.69, 9.17) is 4.74 Å². The van der Waals surface area contributed by atoms with Crippen molar-refractivity contribution in [2.45, 2.75) is 45.7 Å². The SMILES string of the molecule is CCCCNC(=O)C(CC)N(Cc1ccccc1)C(=O)COc1ccc(Br)cc1. The predicted molar refractivity (Wildman–Crippen MR) is 119 cm³/mol. The van der Waals surface area contributed by atoms with Crippen molar-refractivity contribution >= 4 is 27.7 Å². The number of ether oxygens (including phenoxy) is 1. The smallest absolute Gasteiger partial charge is 0.261 e. The molecule has 1 unspecified atom stereocenters. The van der Waals surface area contributed by atoms with E-state index in [9.17, 15) is 9.59 Å². The van der Waals surface area contributed by atoms with Crippen LogP contribution in [0.3, 0.4) is 0 Å². The highest BCUT2D eigenvalue weighted by Gasteiger charge is 2.28. The van der Waals surface area contributed by atoms with Gasteiger partial charge in [-0.15, -0.1) is 0 Å². The Morgan fingerprint density at radius 1 is 1.07 bits per heavy atom. The first-order valence-corrected chi connectivity index (χ1v) is 10.8. The van der Waals surface area contributed by atoms with E-state index < -0.39 is 6.04 Å². The summed E-state index contributed by atoms with van der Waals surface area (Å²) in [6, 6.07) is 16.5. The lowest BCUT2D eigenvalue weighted by Gasteiger charge is -2.30. The molecule has 0 saturated heterocycles. The van der Waals surface area contributed by atoms with Gasteiger partial charge in [0.15, 0.2) is 6.61 Å². The quantitative estimate of drug-likeness (QED) is 0.500. The molecule has 0 aliphatic rings. The standard InChI is InChI=1S/C23H29BrN2O3/c1-3-5-15-25-23(28)21(4-2)26(16-18-9-7-6-8-10-18)22(27)17-29-20-13-11-19(24)12-14-20/h6-14,21H,3-5,15-17H2,1-2H3,(H,25,28). The van der Waals surface area contributed by atoms with Crippen LogP contribution in [0.2, 0.25) is 0 Å². The summed E-state index contributed by atoms with van der Waals surface area (Å²) in [4.78, 5) is 27.4. The molecule has 1 N–H and O–H groups in total. The van der Waals surface area contributed by atoms with E-state index in [-0.39, 0.29) is 18.4 Å². The Bertz CT molecular complexity index is 765. The molecule has 0 aromatic heterocycles. The number of halogens is 1. The number of unbranched alkanes of at least 4 members (excludes halogenated alkanes) is 1. The molecule has 0 aliphatic heterocycles. The van der Waals surface area contributed by atoms with Gasteiger partial charge in [0, 0.05) is 17.6 Å². The Balaban J connectivity index is 2.12. The summed E-state index contributed by atoms with van der Waals surface area (Å²) in [5, 5.41) is 2.96. The van der Waals surface area contributed by atoms with Crippen molar-refractivity contribution < 1.29 is 14.3 Å². The van der Waals surface area contributed by atoms with E-state index in [1.54, 1.807) is 17.0 Å². The van der Waals surface area contributed by atoms with Gasteiger partial charge in [-0.3, -0.25) is 9.59 Å². The molecule has 0 spiro atoms. The van der Waals surface area contributed by atoms with Gasteiger partial charge in [0.1, 0.15) is 11.8 Å². The van der Waals surface area contributed by atoms with Crippen molar-refractivity contribution in [3.63, 3.8) is 0 Å². The number of nitrogens with one attached hydrogen (secondary N) is 1. The van der Waals surface area contributed by atoms with Crippen molar-refractivity contribution in [2.24, 2.45) is 0 Å². The van der Waals surface area contributed by atoms with Crippen LogP contribution in [-0.2, 0) is 16.1 Å². The number of hydrogen-bond donors (Lipinski definition) is 1. The van der Waals surface area contributed by atoms with E-state index >= 15 is 0 Å². The van der Waals surface area contributed by atoms with Crippen molar-refractivity contribution in [2.75, 3.05) is 13.2 Å². The van der Waals surface area contributed by atoms with E-state index in [0.29, 0.717) is 25.3 Å². The maximum Gasteiger partial charge on any atom is 0.261 e. The Morgan fingerprint density at radius 2 is 1.76 bits per heavy atom. The Kier molecular flexibility index (Phi) is 9.71. The average Bonchev–Trinajstić information content (AvgIpc) is 2.74. The molecule has 2 amide bonds. The lowest BCUT2D eigenvalue weighted by Crippen LogP contribution is -2.50. The van der Waals surface area contributed by atoms with Gasteiger partial charge < -0.3 is 15.0 Å². The molecule has 0 fully saturated rings. The molecule has 2 aromatic carbocycles. The summed E-state index contributed by atoms with van der Waals surface area (Å²) in [7, 11) is 0. The monoisotopic (exact) mass is 460 g/mol. The van der Waals surface area contributed by atoms with E-state index in [0.717, 1.165) is 22.9 Å². The van der Waals surface area contributed by atoms with Gasteiger partial charge in [-0.25, -0.2) is 0 Å². The van der Waals surface area contributed by atoms with Crippen molar-refractivity contribution in [3.05, 3.63) is 64.6 Å². The van der Waals surface area contributed by atoms with Crippen LogP contribution in [0.4, 0.5) is 0 Å². The number of benzene rings is 2. The predicted octanol–water partition coefficient (Wildman–Crippen LogP) is 4.55. The van der Waals surface area contributed by atoms with Crippen LogP contribution in [0.15, 0.2) is 59.1 Å². The third-order valence-electron chi connectivity index (χ3n) is 4.59. The van der Waals surface area contributed by atoms with Crippen LogP contribution >= 0.6 is 15.9 Å². The van der Waals surface area contributed by atoms with Crippen LogP contribution < -0.4 is 10.1 Å². The molecule has 2 aromatic rings. The lowest BCUT2D eigenvalue weighted by molar-refractivity contribution is -0.143. The Labute approximate surface area is 181 Å². The van der Waals surface area contributed by atoms with Crippen LogP contribution in [0.5, 0.6) is 5.75 Å². The number of amides is 2. The summed E-state index contributed by atoms with van der Waals surface area (Å²) in [6.07, 6.45) is 2.46. The number of carbonyl (C=O) groups excluding carboxylic acids is 2. The zero-order valence-corrected chi connectivity index (χ0v) is 18.7. The maximum atomic E-state index is 13.0. The van der Waals surface area contributed by atoms with Crippen molar-refractivity contribution in [3.8, 4) is 5.75 Å². The molecule has 2 rings (SSSR count). The summed E-state index contributed by atoms with van der Waals surface area (Å²) in [6.45, 7) is 4.87. The van der Waals surface area contributed by atoms with Crippen LogP contribution in [0, 0.1) is 0 Å². The zero-order chi connectivity index (χ0) is 21.1. The number of rotatable bonds is 11. The minimum atomic E-state index is -0.534. The van der Waals surface area contributed by atoms with E-state index in [1.165, 1.54) is 0 Å². The lowest BCUT2D eigenvalue weighted by atomic mass is 10.1. The first kappa shape index (κ1) is 22.9. The molecule has 0 bridgehead atoms. The van der Waals surface area contributed by atoms with Gasteiger partial charge in [-0.1, -0.05) is 66.5 Å². The van der Waals surface area contributed by atoms with Gasteiger partial charge in [0.05, 0.1) is 0 Å². The summed E-state index contributed by atoms with van der Waals surface area (Å²) < 4.78 is 6.61. The van der Waals surface area contributed by atoms with Gasteiger partial charge in [-0.2, -0.15) is 0 Å². The van der Waals surface area contributed by atoms with Gasteiger partial charge in [0.2, 0.25) is 5.91 Å². The highest BCUT2D eigenvalue weighted by atomic mass is 79.9.